The third-order valence-electron chi connectivity index (χ3n) is 5.37. The molecule has 1 saturated heterocycles. The molecule has 0 bridgehead atoms. The average Bonchev–Trinajstić information content (AvgIpc) is 3.30. The van der Waals surface area contributed by atoms with E-state index in [1.54, 1.807) is 29.6 Å². The molecule has 2 fully saturated rings. The maximum Gasteiger partial charge on any atom is 0.326 e. The minimum atomic E-state index is -0.885. The summed E-state index contributed by atoms with van der Waals surface area (Å²) in [4.78, 5) is 26.3. The normalized spacial score (nSPS) is 25.7. The number of nitrogens with zero attached hydrogens (tertiary/aromatic N) is 1. The van der Waals surface area contributed by atoms with Crippen LogP contribution in [-0.4, -0.2) is 34.5 Å². The van der Waals surface area contributed by atoms with Crippen LogP contribution in [0.4, 0.5) is 0 Å². The van der Waals surface area contributed by atoms with Gasteiger partial charge in [-0.1, -0.05) is 18.6 Å². The highest BCUT2D eigenvalue weighted by atomic mass is 16.4. The third kappa shape index (κ3) is 2.40. The maximum absolute atomic E-state index is 13.0. The first kappa shape index (κ1) is 15.0. The molecule has 1 amide bonds. The molecule has 2 heterocycles. The van der Waals surface area contributed by atoms with Crippen LogP contribution in [0.15, 0.2) is 47.3 Å². The van der Waals surface area contributed by atoms with Crippen molar-refractivity contribution in [3.05, 3.63) is 48.4 Å². The summed E-state index contributed by atoms with van der Waals surface area (Å²) in [5.74, 6) is -0.651. The number of carboxylic acids is 1. The van der Waals surface area contributed by atoms with Gasteiger partial charge in [0.15, 0.2) is 0 Å². The van der Waals surface area contributed by atoms with Crippen molar-refractivity contribution >= 4 is 11.9 Å². The minimum Gasteiger partial charge on any atom is -0.480 e. The number of likely N-dealkylation sites (tertiary alicyclic amines) is 1. The summed E-state index contributed by atoms with van der Waals surface area (Å²) in [6, 6.07) is 8.43. The molecule has 1 saturated carbocycles. The van der Waals surface area contributed by atoms with E-state index in [-0.39, 0.29) is 11.8 Å². The quantitative estimate of drug-likeness (QED) is 0.940. The Morgan fingerprint density at radius 3 is 2.79 bits per heavy atom. The highest BCUT2D eigenvalue weighted by molar-refractivity contribution is 5.98. The molecule has 4 rings (SSSR count). The fourth-order valence-corrected chi connectivity index (χ4v) is 4.26. The topological polar surface area (TPSA) is 70.8 Å². The molecular formula is C19H19NO4. The second-order valence-electron chi connectivity index (χ2n) is 6.69. The van der Waals surface area contributed by atoms with E-state index in [0.717, 1.165) is 30.4 Å². The Bertz CT molecular complexity index is 767. The number of carbonyl (C=O) groups is 2. The highest BCUT2D eigenvalue weighted by Gasteiger charge is 2.49. The van der Waals surface area contributed by atoms with Gasteiger partial charge in [-0.05, 0) is 48.4 Å². The predicted molar refractivity (Wildman–Crippen MR) is 87.4 cm³/mol. The van der Waals surface area contributed by atoms with Gasteiger partial charge in [0.25, 0.3) is 5.91 Å². The molecule has 3 atom stereocenters. The molecule has 2 aromatic rings. The van der Waals surface area contributed by atoms with Gasteiger partial charge in [-0.3, -0.25) is 4.79 Å². The van der Waals surface area contributed by atoms with Gasteiger partial charge in [0, 0.05) is 17.7 Å². The molecule has 5 heteroatoms. The van der Waals surface area contributed by atoms with Gasteiger partial charge in [0.1, 0.15) is 6.04 Å². The Morgan fingerprint density at radius 2 is 2.04 bits per heavy atom. The first-order valence-corrected chi connectivity index (χ1v) is 8.31. The van der Waals surface area contributed by atoms with Crippen LogP contribution >= 0.6 is 0 Å². The van der Waals surface area contributed by atoms with Gasteiger partial charge in [-0.15, -0.1) is 0 Å². The lowest BCUT2D eigenvalue weighted by molar-refractivity contribution is -0.142. The van der Waals surface area contributed by atoms with E-state index in [4.69, 9.17) is 4.42 Å². The highest BCUT2D eigenvalue weighted by Crippen LogP contribution is 2.42. The van der Waals surface area contributed by atoms with E-state index in [2.05, 4.69) is 0 Å². The van der Waals surface area contributed by atoms with Crippen molar-refractivity contribution in [2.75, 3.05) is 6.54 Å². The zero-order valence-corrected chi connectivity index (χ0v) is 13.2. The molecule has 1 aliphatic carbocycles. The number of aliphatic carboxylic acids is 1. The van der Waals surface area contributed by atoms with Crippen molar-refractivity contribution in [1.29, 1.82) is 0 Å². The summed E-state index contributed by atoms with van der Waals surface area (Å²) in [6.45, 7) is 0.552. The van der Waals surface area contributed by atoms with E-state index >= 15 is 0 Å². The molecule has 1 aromatic heterocycles. The Morgan fingerprint density at radius 1 is 1.17 bits per heavy atom. The smallest absolute Gasteiger partial charge is 0.326 e. The maximum atomic E-state index is 13.0. The van der Waals surface area contributed by atoms with Crippen LogP contribution in [-0.2, 0) is 4.79 Å². The largest absolute Gasteiger partial charge is 0.480 e. The molecule has 0 spiro atoms. The molecule has 0 radical (unpaired) electrons. The van der Waals surface area contributed by atoms with Crippen molar-refractivity contribution in [2.24, 2.45) is 11.8 Å². The van der Waals surface area contributed by atoms with Crippen LogP contribution in [0.25, 0.3) is 11.1 Å². The summed E-state index contributed by atoms with van der Waals surface area (Å²) >= 11 is 0. The number of carbonyl (C=O) groups excluding carboxylic acids is 1. The molecule has 1 aromatic carbocycles. The lowest BCUT2D eigenvalue weighted by Crippen LogP contribution is -2.43. The van der Waals surface area contributed by atoms with Crippen LogP contribution in [0.5, 0.6) is 0 Å². The lowest BCUT2D eigenvalue weighted by atomic mass is 9.94. The van der Waals surface area contributed by atoms with Crippen molar-refractivity contribution in [1.82, 2.24) is 4.90 Å². The number of carboxylic acid groups (broad SMARTS) is 1. The number of rotatable bonds is 3. The van der Waals surface area contributed by atoms with Crippen molar-refractivity contribution in [3.8, 4) is 11.1 Å². The summed E-state index contributed by atoms with van der Waals surface area (Å²) in [7, 11) is 0. The zero-order valence-electron chi connectivity index (χ0n) is 13.2. The molecule has 5 nitrogen and oxygen atoms in total. The summed E-state index contributed by atoms with van der Waals surface area (Å²) in [5, 5.41) is 9.63. The molecule has 0 unspecified atom stereocenters. The zero-order chi connectivity index (χ0) is 16.7. The molecule has 1 N–H and O–H groups in total. The second-order valence-corrected chi connectivity index (χ2v) is 6.69. The molecule has 2 aliphatic rings. The van der Waals surface area contributed by atoms with Gasteiger partial charge in [0.05, 0.1) is 12.5 Å². The van der Waals surface area contributed by atoms with E-state index in [9.17, 15) is 14.7 Å². The fourth-order valence-electron chi connectivity index (χ4n) is 4.26. The molecule has 24 heavy (non-hydrogen) atoms. The first-order chi connectivity index (χ1) is 11.6. The van der Waals surface area contributed by atoms with Crippen LogP contribution < -0.4 is 0 Å². The van der Waals surface area contributed by atoms with E-state index in [0.29, 0.717) is 18.0 Å². The monoisotopic (exact) mass is 325 g/mol. The van der Waals surface area contributed by atoms with Crippen molar-refractivity contribution in [3.63, 3.8) is 0 Å². The number of benzene rings is 1. The Labute approximate surface area is 139 Å². The number of hydrogen-bond donors (Lipinski definition) is 1. The van der Waals surface area contributed by atoms with Gasteiger partial charge in [-0.2, -0.15) is 0 Å². The Hall–Kier alpha value is -2.56. The second kappa shape index (κ2) is 5.82. The molecule has 1 aliphatic heterocycles. The average molecular weight is 325 g/mol. The van der Waals surface area contributed by atoms with Gasteiger partial charge < -0.3 is 14.4 Å². The fraction of sp³-hybridized carbons (Fsp3) is 0.368. The lowest BCUT2D eigenvalue weighted by Gasteiger charge is -2.24. The standard InChI is InChI=1S/C19H19NO4/c21-18(13-4-1-3-12(9-13)15-7-8-24-11-15)20-10-14-5-2-6-16(14)17(20)19(22)23/h1,3-4,7-9,11,14,16-17H,2,5-6,10H2,(H,22,23)/t14-,16-,17-/m0/s1. The van der Waals surface area contributed by atoms with E-state index < -0.39 is 12.0 Å². The third-order valence-corrected chi connectivity index (χ3v) is 5.37. The van der Waals surface area contributed by atoms with Crippen LogP contribution in [0.3, 0.4) is 0 Å². The summed E-state index contributed by atoms with van der Waals surface area (Å²) < 4.78 is 5.09. The van der Waals surface area contributed by atoms with Crippen LogP contribution in [0.2, 0.25) is 0 Å². The van der Waals surface area contributed by atoms with E-state index in [1.165, 1.54) is 0 Å². The van der Waals surface area contributed by atoms with Crippen molar-refractivity contribution < 1.29 is 19.1 Å². The van der Waals surface area contributed by atoms with Gasteiger partial charge in [-0.25, -0.2) is 4.79 Å². The van der Waals surface area contributed by atoms with Gasteiger partial charge >= 0.3 is 5.97 Å². The van der Waals surface area contributed by atoms with Crippen LogP contribution in [0, 0.1) is 11.8 Å². The molecular weight excluding hydrogens is 306 g/mol. The minimum absolute atomic E-state index is 0.100. The van der Waals surface area contributed by atoms with Gasteiger partial charge in [0.2, 0.25) is 0 Å². The summed E-state index contributed by atoms with van der Waals surface area (Å²) in [6.07, 6.45) is 6.21. The first-order valence-electron chi connectivity index (χ1n) is 8.31. The van der Waals surface area contributed by atoms with Crippen LogP contribution in [0.1, 0.15) is 29.6 Å². The SMILES string of the molecule is O=C(O)[C@@H]1[C@H]2CCC[C@H]2CN1C(=O)c1cccc(-c2ccoc2)c1. The number of amides is 1. The Balaban J connectivity index is 1.64. The molecule has 124 valence electrons. The van der Waals surface area contributed by atoms with E-state index in [1.807, 2.05) is 18.2 Å². The van der Waals surface area contributed by atoms with Crippen molar-refractivity contribution in [2.45, 2.75) is 25.3 Å². The number of fused-ring (bicyclic) bond motifs is 1. The number of hydrogen-bond acceptors (Lipinski definition) is 3. The summed E-state index contributed by atoms with van der Waals surface area (Å²) in [5.41, 5.74) is 2.32. The predicted octanol–water partition coefficient (Wildman–Crippen LogP) is 3.27. The number of furan rings is 1. The Kier molecular flexibility index (Phi) is 3.63.